The summed E-state index contributed by atoms with van der Waals surface area (Å²) in [5, 5.41) is 11.6. The predicted molar refractivity (Wildman–Crippen MR) is 159 cm³/mol. The molecule has 222 valence electrons. The number of aliphatic hydroxyl groups excluding tert-OH is 1. The molecule has 0 radical (unpaired) electrons. The van der Waals surface area contributed by atoms with Gasteiger partial charge in [0.1, 0.15) is 17.6 Å². The number of likely N-dealkylation sites (tertiary alicyclic amines) is 1. The summed E-state index contributed by atoms with van der Waals surface area (Å²) >= 11 is 0. The molecule has 42 heavy (non-hydrogen) atoms. The fraction of sp³-hybridized carbons (Fsp3) is 0.424. The Balaban J connectivity index is 1.53. The number of ketones is 1. The summed E-state index contributed by atoms with van der Waals surface area (Å²) in [6.07, 6.45) is 7.52. The highest BCUT2D eigenvalue weighted by molar-refractivity contribution is 6.46. The number of carbonyl (C=O) groups excluding carboxylic acids is 2. The number of rotatable bonds is 12. The van der Waals surface area contributed by atoms with E-state index in [1.807, 2.05) is 48.9 Å². The van der Waals surface area contributed by atoms with Gasteiger partial charge in [0.15, 0.2) is 11.5 Å². The van der Waals surface area contributed by atoms with E-state index >= 15 is 0 Å². The lowest BCUT2D eigenvalue weighted by atomic mass is 9.94. The van der Waals surface area contributed by atoms with Gasteiger partial charge >= 0.3 is 0 Å². The Morgan fingerprint density at radius 2 is 1.95 bits per heavy atom. The highest BCUT2D eigenvalue weighted by Crippen LogP contribution is 2.43. The average molecular weight is 574 g/mol. The van der Waals surface area contributed by atoms with E-state index < -0.39 is 17.7 Å². The van der Waals surface area contributed by atoms with E-state index in [1.54, 1.807) is 29.6 Å². The van der Waals surface area contributed by atoms with Gasteiger partial charge in [-0.2, -0.15) is 0 Å². The molecule has 9 heteroatoms. The number of hydrogen-bond acceptors (Lipinski definition) is 7. The molecule has 3 heterocycles. The zero-order valence-corrected chi connectivity index (χ0v) is 24.7. The van der Waals surface area contributed by atoms with Gasteiger partial charge in [-0.3, -0.25) is 9.59 Å². The monoisotopic (exact) mass is 573 g/mol. The fourth-order valence-electron chi connectivity index (χ4n) is 5.51. The highest BCUT2D eigenvalue weighted by atomic mass is 16.5. The highest BCUT2D eigenvalue weighted by Gasteiger charge is 2.46. The van der Waals surface area contributed by atoms with Crippen molar-refractivity contribution in [1.29, 1.82) is 0 Å². The molecule has 0 aliphatic carbocycles. The van der Waals surface area contributed by atoms with Gasteiger partial charge in [-0.1, -0.05) is 19.9 Å². The second kappa shape index (κ2) is 12.7. The number of fused-ring (bicyclic) bond motifs is 1. The van der Waals surface area contributed by atoms with Gasteiger partial charge in [-0.15, -0.1) is 0 Å². The fourth-order valence-corrected chi connectivity index (χ4v) is 5.51. The summed E-state index contributed by atoms with van der Waals surface area (Å²) in [5.74, 6) is 0.854. The maximum atomic E-state index is 13.6. The molecule has 2 aliphatic heterocycles. The molecule has 0 bridgehead atoms. The maximum Gasteiger partial charge on any atom is 0.295 e. The Hall–Kier alpha value is -4.27. The van der Waals surface area contributed by atoms with E-state index in [0.717, 1.165) is 17.7 Å². The van der Waals surface area contributed by atoms with Crippen LogP contribution in [0, 0.1) is 5.92 Å². The molecule has 0 unspecified atom stereocenters. The molecule has 9 nitrogen and oxygen atoms in total. The molecule has 2 aromatic carbocycles. The molecule has 1 N–H and O–H groups in total. The summed E-state index contributed by atoms with van der Waals surface area (Å²) in [6, 6.07) is 10.1. The van der Waals surface area contributed by atoms with Gasteiger partial charge < -0.3 is 28.8 Å². The Kier molecular flexibility index (Phi) is 8.85. The number of aromatic nitrogens is 2. The standard InChI is InChI=1S/C33H39N3O6/c1-5-40-28-19-23(7-10-27(28)41-16-11-21(2)3)30-29(31(37)24-8-9-26-25(18-24)17-22(4)42-26)32(38)33(39)36(30)14-6-13-35-15-12-34-20-35/h7-10,12,15,18-22,30,37H,5-6,11,13-14,16-17H2,1-4H3/t22-,30+/m1/s1. The normalized spacial score (nSPS) is 19.3. The van der Waals surface area contributed by atoms with Gasteiger partial charge in [0, 0.05) is 37.5 Å². The van der Waals surface area contributed by atoms with Crippen molar-refractivity contribution in [3.63, 3.8) is 0 Å². The first-order chi connectivity index (χ1) is 20.3. The molecule has 1 fully saturated rings. The van der Waals surface area contributed by atoms with E-state index in [0.29, 0.717) is 67.7 Å². The quantitative estimate of drug-likeness (QED) is 0.172. The predicted octanol–water partition coefficient (Wildman–Crippen LogP) is 5.54. The number of benzene rings is 2. The minimum Gasteiger partial charge on any atom is -0.507 e. The molecule has 2 aliphatic rings. The summed E-state index contributed by atoms with van der Waals surface area (Å²) in [4.78, 5) is 32.7. The third kappa shape index (κ3) is 6.15. The van der Waals surface area contributed by atoms with Crippen LogP contribution in [0.15, 0.2) is 60.7 Å². The van der Waals surface area contributed by atoms with E-state index in [9.17, 15) is 14.7 Å². The first-order valence-electron chi connectivity index (χ1n) is 14.7. The maximum absolute atomic E-state index is 13.6. The zero-order chi connectivity index (χ0) is 29.8. The molecule has 5 rings (SSSR count). The number of nitrogens with zero attached hydrogens (tertiary/aromatic N) is 3. The number of aliphatic hydroxyl groups is 1. The van der Waals surface area contributed by atoms with Crippen LogP contribution in [0.4, 0.5) is 0 Å². The van der Waals surface area contributed by atoms with Crippen LogP contribution in [-0.4, -0.2) is 57.1 Å². The molecular formula is C33H39N3O6. The summed E-state index contributed by atoms with van der Waals surface area (Å²) in [6.45, 7) is 10.1. The Bertz CT molecular complexity index is 1460. The smallest absolute Gasteiger partial charge is 0.295 e. The molecular weight excluding hydrogens is 534 g/mol. The van der Waals surface area contributed by atoms with Crippen molar-refractivity contribution in [1.82, 2.24) is 14.5 Å². The number of amides is 1. The Morgan fingerprint density at radius 1 is 1.12 bits per heavy atom. The number of carbonyl (C=O) groups is 2. The van der Waals surface area contributed by atoms with Crippen molar-refractivity contribution < 1.29 is 28.9 Å². The second-order valence-corrected chi connectivity index (χ2v) is 11.3. The van der Waals surface area contributed by atoms with Crippen molar-refractivity contribution in [2.24, 2.45) is 5.92 Å². The minimum atomic E-state index is -0.792. The molecule has 0 spiro atoms. The summed E-state index contributed by atoms with van der Waals surface area (Å²) in [5.41, 5.74) is 2.16. The third-order valence-electron chi connectivity index (χ3n) is 7.62. The van der Waals surface area contributed by atoms with Crippen molar-refractivity contribution in [3.05, 3.63) is 77.4 Å². The molecule has 1 amide bonds. The van der Waals surface area contributed by atoms with Crippen LogP contribution in [0.3, 0.4) is 0 Å². The Morgan fingerprint density at radius 3 is 2.69 bits per heavy atom. The van der Waals surface area contributed by atoms with Gasteiger partial charge in [-0.05, 0) is 74.1 Å². The van der Waals surface area contributed by atoms with E-state index in [2.05, 4.69) is 18.8 Å². The number of imidazole rings is 1. The van der Waals surface area contributed by atoms with Crippen molar-refractivity contribution in [2.45, 2.75) is 65.6 Å². The van der Waals surface area contributed by atoms with Crippen LogP contribution in [-0.2, 0) is 22.6 Å². The van der Waals surface area contributed by atoms with Crippen molar-refractivity contribution in [2.75, 3.05) is 19.8 Å². The topological polar surface area (TPSA) is 103 Å². The minimum absolute atomic E-state index is 0.0386. The largest absolute Gasteiger partial charge is 0.507 e. The van der Waals surface area contributed by atoms with Gasteiger partial charge in [0.05, 0.1) is 31.2 Å². The molecule has 2 atom stereocenters. The first-order valence-corrected chi connectivity index (χ1v) is 14.7. The van der Waals surface area contributed by atoms with Crippen LogP contribution in [0.25, 0.3) is 5.76 Å². The van der Waals surface area contributed by atoms with E-state index in [4.69, 9.17) is 14.2 Å². The van der Waals surface area contributed by atoms with Gasteiger partial charge in [0.25, 0.3) is 11.7 Å². The summed E-state index contributed by atoms with van der Waals surface area (Å²) < 4.78 is 19.7. The van der Waals surface area contributed by atoms with Crippen molar-refractivity contribution in [3.8, 4) is 17.2 Å². The first kappa shape index (κ1) is 29.2. The lowest BCUT2D eigenvalue weighted by Crippen LogP contribution is -2.31. The van der Waals surface area contributed by atoms with Crippen LogP contribution >= 0.6 is 0 Å². The number of ether oxygens (including phenoxy) is 3. The lowest BCUT2D eigenvalue weighted by Gasteiger charge is -2.26. The molecule has 0 saturated carbocycles. The second-order valence-electron chi connectivity index (χ2n) is 11.3. The number of hydrogen-bond donors (Lipinski definition) is 1. The summed E-state index contributed by atoms with van der Waals surface area (Å²) in [7, 11) is 0. The number of aryl methyl sites for hydroxylation is 1. The zero-order valence-electron chi connectivity index (χ0n) is 24.7. The molecule has 1 saturated heterocycles. The van der Waals surface area contributed by atoms with Gasteiger partial charge in [-0.25, -0.2) is 4.98 Å². The van der Waals surface area contributed by atoms with Gasteiger partial charge in [0.2, 0.25) is 0 Å². The van der Waals surface area contributed by atoms with Crippen LogP contribution in [0.2, 0.25) is 0 Å². The Labute approximate surface area is 246 Å². The third-order valence-corrected chi connectivity index (χ3v) is 7.62. The SMILES string of the molecule is CCOc1cc([C@H]2C(=C(O)c3ccc4c(c3)C[C@@H](C)O4)C(=O)C(=O)N2CCCn2ccnc2)ccc1OCCC(C)C. The molecule has 1 aromatic heterocycles. The lowest BCUT2D eigenvalue weighted by molar-refractivity contribution is -0.139. The average Bonchev–Trinajstić information content (AvgIpc) is 3.67. The number of Topliss-reactive ketones (excluding diaryl/α,β-unsaturated/α-hetero) is 1. The van der Waals surface area contributed by atoms with Crippen LogP contribution < -0.4 is 14.2 Å². The van der Waals surface area contributed by atoms with Crippen LogP contribution in [0.5, 0.6) is 17.2 Å². The van der Waals surface area contributed by atoms with E-state index in [-0.39, 0.29) is 17.4 Å². The van der Waals surface area contributed by atoms with Crippen molar-refractivity contribution >= 4 is 17.4 Å². The van der Waals surface area contributed by atoms with E-state index in [1.165, 1.54) is 0 Å². The molecule has 3 aromatic rings. The van der Waals surface area contributed by atoms with Crippen LogP contribution in [0.1, 0.15) is 63.3 Å².